The van der Waals surface area contributed by atoms with E-state index in [1.165, 1.54) is 18.9 Å². The minimum atomic E-state index is -3.48. The van der Waals surface area contributed by atoms with Gasteiger partial charge >= 0.3 is 11.9 Å². The van der Waals surface area contributed by atoms with Crippen molar-refractivity contribution >= 4 is 11.9 Å². The maximum absolute atomic E-state index is 15.3. The molecule has 11 heteroatoms. The van der Waals surface area contributed by atoms with Gasteiger partial charge in [0.25, 0.3) is 0 Å². The highest BCUT2D eigenvalue weighted by atomic mass is 19.3. The van der Waals surface area contributed by atoms with Gasteiger partial charge in [0, 0.05) is 20.6 Å². The fourth-order valence-corrected chi connectivity index (χ4v) is 3.58. The predicted octanol–water partition coefficient (Wildman–Crippen LogP) is 2.79. The fraction of sp³-hybridized carbons (Fsp3) is 0.810. The first-order valence-corrected chi connectivity index (χ1v) is 10.5. The molecule has 0 radical (unpaired) electrons. The number of methoxy groups -OCH3 is 2. The Bertz CT molecular complexity index is 829. The first-order valence-electron chi connectivity index (χ1n) is 10.5. The Hall–Kier alpha value is -2.14. The highest BCUT2D eigenvalue weighted by molar-refractivity contribution is 5.81. The van der Waals surface area contributed by atoms with E-state index in [2.05, 4.69) is 10.3 Å². The van der Waals surface area contributed by atoms with Crippen molar-refractivity contribution in [1.82, 2.24) is 19.9 Å². The summed E-state index contributed by atoms with van der Waals surface area (Å²) in [5, 5.41) is 7.73. The molecule has 0 saturated heterocycles. The van der Waals surface area contributed by atoms with E-state index in [9.17, 15) is 9.59 Å². The number of fused-ring (bicyclic) bond motifs is 1. The number of halogens is 2. The molecule has 1 aromatic heterocycles. The van der Waals surface area contributed by atoms with Crippen LogP contribution in [0.2, 0.25) is 0 Å². The van der Waals surface area contributed by atoms with Crippen LogP contribution in [0, 0.1) is 0 Å². The Morgan fingerprint density at radius 3 is 2.22 bits per heavy atom. The van der Waals surface area contributed by atoms with Crippen LogP contribution in [-0.4, -0.2) is 70.8 Å². The van der Waals surface area contributed by atoms with Crippen molar-refractivity contribution in [3.8, 4) is 0 Å². The summed E-state index contributed by atoms with van der Waals surface area (Å²) in [4.78, 5) is 25.8. The Morgan fingerprint density at radius 1 is 1.09 bits per heavy atom. The number of carbonyl (C=O) groups is 2. The van der Waals surface area contributed by atoms with Gasteiger partial charge in [-0.1, -0.05) is 5.21 Å². The monoisotopic (exact) mass is 460 g/mol. The van der Waals surface area contributed by atoms with E-state index in [-0.39, 0.29) is 25.1 Å². The van der Waals surface area contributed by atoms with Crippen molar-refractivity contribution in [2.24, 2.45) is 0 Å². The van der Waals surface area contributed by atoms with E-state index in [1.807, 2.05) is 20.8 Å². The maximum Gasteiger partial charge on any atom is 0.310 e. The number of hydrogen-bond donors (Lipinski definition) is 0. The Labute approximate surface area is 187 Å². The van der Waals surface area contributed by atoms with Crippen LogP contribution in [-0.2, 0) is 35.3 Å². The van der Waals surface area contributed by atoms with Crippen LogP contribution in [0.15, 0.2) is 0 Å². The summed E-state index contributed by atoms with van der Waals surface area (Å²) in [6.07, 6.45) is -2.16. The molecule has 0 aromatic carbocycles. The van der Waals surface area contributed by atoms with Gasteiger partial charge in [-0.25, -0.2) is 4.68 Å². The SMILES string of the molecule is CO[C@H]1CN(C(=O)CCC(=O)OC(C)(C)C)CC(F)(F)c2nnn(C(C)(C)C)c2[C@@H]1OC. The van der Waals surface area contributed by atoms with Crippen LogP contribution in [0.5, 0.6) is 0 Å². The molecule has 1 aliphatic heterocycles. The molecule has 1 aromatic rings. The normalized spacial score (nSPS) is 21.5. The van der Waals surface area contributed by atoms with E-state index >= 15 is 8.78 Å². The van der Waals surface area contributed by atoms with Gasteiger partial charge in [-0.05, 0) is 41.5 Å². The van der Waals surface area contributed by atoms with E-state index in [4.69, 9.17) is 14.2 Å². The first-order chi connectivity index (χ1) is 14.6. The summed E-state index contributed by atoms with van der Waals surface area (Å²) >= 11 is 0. The average Bonchev–Trinajstić information content (AvgIpc) is 3.08. The lowest BCUT2D eigenvalue weighted by molar-refractivity contribution is -0.157. The highest BCUT2D eigenvalue weighted by Gasteiger charge is 2.48. The second-order valence-corrected chi connectivity index (χ2v) is 9.90. The molecule has 182 valence electrons. The molecule has 0 aliphatic carbocycles. The van der Waals surface area contributed by atoms with E-state index in [0.29, 0.717) is 0 Å². The minimum Gasteiger partial charge on any atom is -0.460 e. The van der Waals surface area contributed by atoms with Gasteiger partial charge in [-0.15, -0.1) is 5.10 Å². The number of aromatic nitrogens is 3. The fourth-order valence-electron chi connectivity index (χ4n) is 3.58. The molecule has 32 heavy (non-hydrogen) atoms. The van der Waals surface area contributed by atoms with Gasteiger partial charge in [0.1, 0.15) is 23.5 Å². The molecular weight excluding hydrogens is 426 g/mol. The Balaban J connectivity index is 2.36. The van der Waals surface area contributed by atoms with Crippen molar-refractivity contribution in [1.29, 1.82) is 0 Å². The summed E-state index contributed by atoms with van der Waals surface area (Å²) in [5.41, 5.74) is -1.76. The van der Waals surface area contributed by atoms with Crippen molar-refractivity contribution < 1.29 is 32.6 Å². The molecule has 1 amide bonds. The van der Waals surface area contributed by atoms with Gasteiger partial charge in [0.05, 0.1) is 25.0 Å². The summed E-state index contributed by atoms with van der Waals surface area (Å²) in [5.74, 6) is -4.66. The lowest BCUT2D eigenvalue weighted by Gasteiger charge is -2.37. The van der Waals surface area contributed by atoms with Crippen LogP contribution < -0.4 is 0 Å². The first kappa shape index (κ1) is 26.1. The van der Waals surface area contributed by atoms with Crippen LogP contribution in [0.4, 0.5) is 8.78 Å². The predicted molar refractivity (Wildman–Crippen MR) is 111 cm³/mol. The second kappa shape index (κ2) is 9.38. The van der Waals surface area contributed by atoms with Crippen LogP contribution in [0.3, 0.4) is 0 Å². The molecule has 2 rings (SSSR count). The van der Waals surface area contributed by atoms with Gasteiger partial charge in [-0.3, -0.25) is 9.59 Å². The smallest absolute Gasteiger partial charge is 0.310 e. The van der Waals surface area contributed by atoms with Gasteiger partial charge in [-0.2, -0.15) is 8.78 Å². The molecule has 0 fully saturated rings. The molecule has 0 bridgehead atoms. The largest absolute Gasteiger partial charge is 0.460 e. The Morgan fingerprint density at radius 2 is 1.72 bits per heavy atom. The van der Waals surface area contributed by atoms with E-state index < -0.39 is 53.4 Å². The topological polar surface area (TPSA) is 95.8 Å². The van der Waals surface area contributed by atoms with Crippen molar-refractivity contribution in [2.75, 3.05) is 27.3 Å². The van der Waals surface area contributed by atoms with Gasteiger partial charge in [0.2, 0.25) is 5.91 Å². The molecule has 0 N–H and O–H groups in total. The summed E-state index contributed by atoms with van der Waals surface area (Å²) in [6.45, 7) is 9.53. The van der Waals surface area contributed by atoms with Crippen molar-refractivity contribution in [3.63, 3.8) is 0 Å². The van der Waals surface area contributed by atoms with Gasteiger partial charge in [0.15, 0.2) is 5.69 Å². The van der Waals surface area contributed by atoms with E-state index in [0.717, 1.165) is 4.90 Å². The number of alkyl halides is 2. The Kier molecular flexibility index (Phi) is 7.66. The van der Waals surface area contributed by atoms with Crippen LogP contribution in [0.25, 0.3) is 0 Å². The van der Waals surface area contributed by atoms with Crippen LogP contribution in [0.1, 0.15) is 71.9 Å². The maximum atomic E-state index is 15.3. The minimum absolute atomic E-state index is 0.123. The number of hydrogen-bond acceptors (Lipinski definition) is 7. The summed E-state index contributed by atoms with van der Waals surface area (Å²) in [7, 11) is 2.81. The third-order valence-electron chi connectivity index (χ3n) is 4.96. The zero-order valence-electron chi connectivity index (χ0n) is 20.1. The van der Waals surface area contributed by atoms with Crippen molar-refractivity contribution in [3.05, 3.63) is 11.4 Å². The third kappa shape index (κ3) is 6.00. The second-order valence-electron chi connectivity index (χ2n) is 9.90. The number of ether oxygens (including phenoxy) is 3. The standard InChI is InChI=1S/C21H34F2N4O5/c1-19(2,3)27-16-17(31-8)13(30-7)11-26(12-21(22,23)18(16)24-25-27)14(28)9-10-15(29)32-20(4,5)6/h13,17H,9-12H2,1-8H3/t13-,17+/m0/s1. The number of esters is 1. The highest BCUT2D eigenvalue weighted by Crippen LogP contribution is 2.39. The lowest BCUT2D eigenvalue weighted by Crippen LogP contribution is -2.49. The summed E-state index contributed by atoms with van der Waals surface area (Å²) < 4.78 is 48.3. The van der Waals surface area contributed by atoms with Crippen molar-refractivity contribution in [2.45, 2.75) is 83.7 Å². The lowest BCUT2D eigenvalue weighted by atomic mass is 9.98. The number of nitrogens with zero attached hydrogens (tertiary/aromatic N) is 4. The molecule has 0 spiro atoms. The average molecular weight is 461 g/mol. The number of amides is 1. The molecule has 9 nitrogen and oxygen atoms in total. The molecule has 2 atom stereocenters. The van der Waals surface area contributed by atoms with E-state index in [1.54, 1.807) is 20.8 Å². The molecule has 0 unspecified atom stereocenters. The van der Waals surface area contributed by atoms with Crippen LogP contribution >= 0.6 is 0 Å². The number of rotatable bonds is 5. The van der Waals surface area contributed by atoms with Gasteiger partial charge < -0.3 is 19.1 Å². The molecule has 0 saturated carbocycles. The number of carbonyl (C=O) groups excluding carboxylic acids is 2. The molecular formula is C21H34F2N4O5. The molecule has 2 heterocycles. The summed E-state index contributed by atoms with van der Waals surface area (Å²) in [6, 6.07) is 0. The quantitative estimate of drug-likeness (QED) is 0.624. The zero-order valence-corrected chi connectivity index (χ0v) is 20.1. The third-order valence-corrected chi connectivity index (χ3v) is 4.96. The zero-order chi connectivity index (χ0) is 24.5. The molecule has 1 aliphatic rings.